The first-order valence-corrected chi connectivity index (χ1v) is 15.0. The van der Waals surface area contributed by atoms with Gasteiger partial charge >= 0.3 is 0 Å². The third-order valence-electron chi connectivity index (χ3n) is 5.95. The summed E-state index contributed by atoms with van der Waals surface area (Å²) in [6.45, 7) is 6.75. The second kappa shape index (κ2) is 13.9. The zero-order valence-corrected chi connectivity index (χ0v) is 25.1. The van der Waals surface area contributed by atoms with Crippen LogP contribution in [-0.2, 0) is 26.2 Å². The predicted molar refractivity (Wildman–Crippen MR) is 158 cm³/mol. The minimum atomic E-state index is -4.26. The minimum Gasteiger partial charge on any atom is -0.492 e. The van der Waals surface area contributed by atoms with Gasteiger partial charge in [0.2, 0.25) is 11.8 Å². The molecule has 8 nitrogen and oxygen atoms in total. The molecule has 11 heteroatoms. The molecule has 0 bridgehead atoms. The number of anilines is 1. The lowest BCUT2D eigenvalue weighted by atomic mass is 10.1. The van der Waals surface area contributed by atoms with Crippen molar-refractivity contribution in [3.05, 3.63) is 88.4 Å². The van der Waals surface area contributed by atoms with Gasteiger partial charge in [-0.25, -0.2) is 8.42 Å². The summed E-state index contributed by atoms with van der Waals surface area (Å²) in [5.74, 6) is -0.662. The number of nitrogens with zero attached hydrogens (tertiary/aromatic N) is 2. The number of nitrogens with one attached hydrogen (secondary N) is 1. The van der Waals surface area contributed by atoms with Gasteiger partial charge in [0.05, 0.1) is 17.2 Å². The van der Waals surface area contributed by atoms with E-state index in [0.717, 1.165) is 4.31 Å². The lowest BCUT2D eigenvalue weighted by Gasteiger charge is -2.32. The van der Waals surface area contributed by atoms with Crippen LogP contribution in [0.15, 0.2) is 77.7 Å². The van der Waals surface area contributed by atoms with Gasteiger partial charge in [0.15, 0.2) is 0 Å². The molecule has 0 aliphatic carbocycles. The SMILES string of the molecule is CCOc1ccccc1N(CC(=O)N(Cc1cccc(Cl)c1)[C@@H](C)C(=O)NC(C)C)S(=O)(=O)c1ccc(Cl)cc1. The largest absolute Gasteiger partial charge is 0.492 e. The van der Waals surface area contributed by atoms with E-state index in [9.17, 15) is 18.0 Å². The first kappa shape index (κ1) is 31.3. The van der Waals surface area contributed by atoms with Gasteiger partial charge in [-0.3, -0.25) is 13.9 Å². The summed E-state index contributed by atoms with van der Waals surface area (Å²) in [6, 6.07) is 18.1. The molecule has 0 heterocycles. The van der Waals surface area contributed by atoms with Gasteiger partial charge in [0, 0.05) is 22.6 Å². The zero-order chi connectivity index (χ0) is 29.4. The number of sulfonamides is 1. The quantitative estimate of drug-likeness (QED) is 0.293. The molecule has 40 heavy (non-hydrogen) atoms. The normalized spacial score (nSPS) is 12.1. The van der Waals surface area contributed by atoms with Gasteiger partial charge in [-0.1, -0.05) is 47.5 Å². The molecule has 3 rings (SSSR count). The van der Waals surface area contributed by atoms with E-state index in [1.54, 1.807) is 62.4 Å². The molecule has 0 fully saturated rings. The minimum absolute atomic E-state index is 0.0357. The maximum Gasteiger partial charge on any atom is 0.264 e. The first-order valence-electron chi connectivity index (χ1n) is 12.8. The molecule has 3 aromatic carbocycles. The highest BCUT2D eigenvalue weighted by atomic mass is 35.5. The van der Waals surface area contributed by atoms with Crippen molar-refractivity contribution in [1.29, 1.82) is 0 Å². The molecular formula is C29H33Cl2N3O5S. The maximum absolute atomic E-state index is 14.0. The van der Waals surface area contributed by atoms with Crippen LogP contribution in [0.2, 0.25) is 10.0 Å². The van der Waals surface area contributed by atoms with Crippen molar-refractivity contribution in [3.8, 4) is 5.75 Å². The predicted octanol–water partition coefficient (Wildman–Crippen LogP) is 5.53. The van der Waals surface area contributed by atoms with Gasteiger partial charge in [-0.05, 0) is 81.8 Å². The fourth-order valence-electron chi connectivity index (χ4n) is 4.01. The molecule has 214 valence electrons. The molecule has 0 spiro atoms. The molecule has 2 amide bonds. The van der Waals surface area contributed by atoms with Crippen molar-refractivity contribution in [1.82, 2.24) is 10.2 Å². The van der Waals surface area contributed by atoms with Crippen LogP contribution in [0.5, 0.6) is 5.75 Å². The Morgan fingerprint density at radius 2 is 1.60 bits per heavy atom. The van der Waals surface area contributed by atoms with E-state index in [1.807, 2.05) is 13.8 Å². The molecule has 0 unspecified atom stereocenters. The van der Waals surface area contributed by atoms with Crippen LogP contribution in [0.4, 0.5) is 5.69 Å². The number of carbonyl (C=O) groups is 2. The monoisotopic (exact) mass is 605 g/mol. The summed E-state index contributed by atoms with van der Waals surface area (Å²) in [4.78, 5) is 28.3. The van der Waals surface area contributed by atoms with Crippen molar-refractivity contribution in [3.63, 3.8) is 0 Å². The van der Waals surface area contributed by atoms with E-state index >= 15 is 0 Å². The second-order valence-corrected chi connectivity index (χ2v) is 12.1. The number of amides is 2. The average molecular weight is 607 g/mol. The van der Waals surface area contributed by atoms with Crippen molar-refractivity contribution in [2.45, 2.75) is 51.2 Å². The van der Waals surface area contributed by atoms with Crippen LogP contribution < -0.4 is 14.4 Å². The number of benzene rings is 3. The summed E-state index contributed by atoms with van der Waals surface area (Å²) in [5.41, 5.74) is 0.876. The standard InChI is InChI=1S/C29H33Cl2N3O5S/c1-5-39-27-12-7-6-11-26(27)34(40(37,38)25-15-13-23(30)14-16-25)19-28(35)33(21(4)29(36)32-20(2)3)18-22-9-8-10-24(31)17-22/h6-17,20-21H,5,18-19H2,1-4H3,(H,32,36)/t21-/m0/s1. The highest BCUT2D eigenvalue weighted by Gasteiger charge is 2.34. The van der Waals surface area contributed by atoms with Crippen LogP contribution in [0.25, 0.3) is 0 Å². The number of para-hydroxylation sites is 2. The Hall–Kier alpha value is -3.27. The van der Waals surface area contributed by atoms with Gasteiger partial charge < -0.3 is 15.0 Å². The number of halogens is 2. The lowest BCUT2D eigenvalue weighted by molar-refractivity contribution is -0.139. The fraction of sp³-hybridized carbons (Fsp3) is 0.310. The van der Waals surface area contributed by atoms with Crippen molar-refractivity contribution >= 4 is 50.7 Å². The van der Waals surface area contributed by atoms with Gasteiger partial charge in [0.1, 0.15) is 18.3 Å². The number of ether oxygens (including phenoxy) is 1. The second-order valence-electron chi connectivity index (χ2n) is 9.36. The van der Waals surface area contributed by atoms with Crippen molar-refractivity contribution in [2.75, 3.05) is 17.5 Å². The van der Waals surface area contributed by atoms with E-state index in [4.69, 9.17) is 27.9 Å². The summed E-state index contributed by atoms with van der Waals surface area (Å²) >= 11 is 12.2. The van der Waals surface area contributed by atoms with E-state index in [1.165, 1.54) is 29.2 Å². The molecule has 0 saturated heterocycles. The van der Waals surface area contributed by atoms with E-state index < -0.39 is 28.5 Å². The van der Waals surface area contributed by atoms with Crippen molar-refractivity contribution in [2.24, 2.45) is 0 Å². The third kappa shape index (κ3) is 7.90. The van der Waals surface area contributed by atoms with Gasteiger partial charge in [-0.15, -0.1) is 0 Å². The van der Waals surface area contributed by atoms with E-state index in [2.05, 4.69) is 5.32 Å². The number of hydrogen-bond donors (Lipinski definition) is 1. The molecule has 0 aliphatic heterocycles. The van der Waals surface area contributed by atoms with Crippen LogP contribution in [-0.4, -0.2) is 50.4 Å². The Kier molecular flexibility index (Phi) is 10.8. The molecule has 0 saturated carbocycles. The van der Waals surface area contributed by atoms with Crippen LogP contribution in [0.1, 0.15) is 33.3 Å². The Morgan fingerprint density at radius 3 is 2.23 bits per heavy atom. The molecule has 1 atom stereocenters. The highest BCUT2D eigenvalue weighted by Crippen LogP contribution is 2.33. The van der Waals surface area contributed by atoms with E-state index in [0.29, 0.717) is 21.4 Å². The summed E-state index contributed by atoms with van der Waals surface area (Å²) < 4.78 is 34.7. The lowest BCUT2D eigenvalue weighted by Crippen LogP contribution is -2.52. The van der Waals surface area contributed by atoms with Crippen molar-refractivity contribution < 1.29 is 22.7 Å². The Morgan fingerprint density at radius 1 is 0.925 bits per heavy atom. The molecular weight excluding hydrogens is 573 g/mol. The van der Waals surface area contributed by atoms with Crippen LogP contribution in [0, 0.1) is 0 Å². The number of hydrogen-bond acceptors (Lipinski definition) is 5. The van der Waals surface area contributed by atoms with Gasteiger partial charge in [0.25, 0.3) is 10.0 Å². The highest BCUT2D eigenvalue weighted by molar-refractivity contribution is 7.92. The van der Waals surface area contributed by atoms with Crippen LogP contribution in [0.3, 0.4) is 0 Å². The first-order chi connectivity index (χ1) is 18.9. The molecule has 1 N–H and O–H groups in total. The Bertz CT molecular complexity index is 1430. The van der Waals surface area contributed by atoms with E-state index in [-0.39, 0.29) is 35.7 Å². The smallest absolute Gasteiger partial charge is 0.264 e. The average Bonchev–Trinajstić information content (AvgIpc) is 2.90. The third-order valence-corrected chi connectivity index (χ3v) is 8.22. The topological polar surface area (TPSA) is 96.0 Å². The summed E-state index contributed by atoms with van der Waals surface area (Å²) in [7, 11) is -4.26. The number of rotatable bonds is 12. The molecule has 0 radical (unpaired) electrons. The Balaban J connectivity index is 2.09. The molecule has 0 aliphatic rings. The zero-order valence-electron chi connectivity index (χ0n) is 22.8. The summed E-state index contributed by atoms with van der Waals surface area (Å²) in [6.07, 6.45) is 0. The van der Waals surface area contributed by atoms with Crippen LogP contribution >= 0.6 is 23.2 Å². The molecule has 3 aromatic rings. The fourth-order valence-corrected chi connectivity index (χ4v) is 5.77. The number of carbonyl (C=O) groups excluding carboxylic acids is 2. The molecule has 0 aromatic heterocycles. The Labute approximate surface area is 245 Å². The van der Waals surface area contributed by atoms with Gasteiger partial charge in [-0.2, -0.15) is 0 Å². The maximum atomic E-state index is 14.0. The summed E-state index contributed by atoms with van der Waals surface area (Å²) in [5, 5.41) is 3.67.